The molecule has 5 nitrogen and oxygen atoms in total. The van der Waals surface area contributed by atoms with Gasteiger partial charge in [-0.05, 0) is 12.1 Å². The van der Waals surface area contributed by atoms with Gasteiger partial charge in [0.25, 0.3) is 0 Å². The van der Waals surface area contributed by atoms with Crippen molar-refractivity contribution < 1.29 is 0 Å². The lowest BCUT2D eigenvalue weighted by molar-refractivity contribution is 0.896. The Hall–Kier alpha value is -2.14. The highest BCUT2D eigenvalue weighted by atomic mass is 35.5. The van der Waals surface area contributed by atoms with E-state index in [1.165, 1.54) is 6.33 Å². The van der Waals surface area contributed by atoms with E-state index in [0.29, 0.717) is 17.3 Å². The fourth-order valence-corrected chi connectivity index (χ4v) is 1.89. The van der Waals surface area contributed by atoms with Crippen molar-refractivity contribution in [3.63, 3.8) is 0 Å². The fraction of sp³-hybridized carbons (Fsp3) is 0.0833. The van der Waals surface area contributed by atoms with Crippen LogP contribution in [0.2, 0.25) is 0 Å². The topological polar surface area (TPSA) is 55.6 Å². The molecule has 0 spiro atoms. The Morgan fingerprint density at radius 2 is 1.94 bits per heavy atom. The van der Waals surface area contributed by atoms with Crippen molar-refractivity contribution in [1.29, 1.82) is 0 Å². The van der Waals surface area contributed by atoms with Crippen LogP contribution in [-0.4, -0.2) is 19.5 Å². The first kappa shape index (κ1) is 11.0. The van der Waals surface area contributed by atoms with E-state index in [9.17, 15) is 0 Å². The second kappa shape index (κ2) is 4.62. The van der Waals surface area contributed by atoms with E-state index in [0.717, 1.165) is 11.3 Å². The van der Waals surface area contributed by atoms with E-state index in [4.69, 9.17) is 11.6 Å². The van der Waals surface area contributed by atoms with Gasteiger partial charge in [0.05, 0.1) is 6.33 Å². The maximum Gasteiger partial charge on any atom is 0.166 e. The van der Waals surface area contributed by atoms with Crippen molar-refractivity contribution in [2.24, 2.45) is 0 Å². The summed E-state index contributed by atoms with van der Waals surface area (Å²) < 4.78 is 1.76. The molecule has 0 radical (unpaired) electrons. The number of para-hydroxylation sites is 1. The standard InChI is InChI=1S/C12H10ClN5/c13-6-18-8-16-10-11(14-7-15-12(10)18)17-9-4-2-1-3-5-9/h1-5,7-8H,6H2,(H,14,15,17). The van der Waals surface area contributed by atoms with Crippen LogP contribution in [0.1, 0.15) is 0 Å². The number of alkyl halides is 1. The van der Waals surface area contributed by atoms with Crippen LogP contribution in [0.4, 0.5) is 11.5 Å². The minimum atomic E-state index is 0.318. The summed E-state index contributed by atoms with van der Waals surface area (Å²) in [6, 6.07) is 10.1. The number of anilines is 2. The molecule has 0 unspecified atom stereocenters. The molecule has 1 aromatic carbocycles. The van der Waals surface area contributed by atoms with Crippen LogP contribution in [0.15, 0.2) is 43.0 Å². The quantitative estimate of drug-likeness (QED) is 0.735. The van der Waals surface area contributed by atoms with Crippen molar-refractivity contribution >= 4 is 34.3 Å². The molecule has 2 heterocycles. The van der Waals surface area contributed by atoms with E-state index >= 15 is 0 Å². The summed E-state index contributed by atoms with van der Waals surface area (Å²) in [7, 11) is 0. The SMILES string of the molecule is ClCn1cnc2c(Nc3ccccc3)ncnc21. The molecule has 0 atom stereocenters. The highest BCUT2D eigenvalue weighted by molar-refractivity contribution is 6.15. The smallest absolute Gasteiger partial charge is 0.166 e. The molecule has 0 saturated carbocycles. The number of rotatable bonds is 3. The normalized spacial score (nSPS) is 10.7. The number of benzene rings is 1. The number of aromatic nitrogens is 4. The zero-order valence-electron chi connectivity index (χ0n) is 9.42. The van der Waals surface area contributed by atoms with E-state index in [1.54, 1.807) is 10.9 Å². The van der Waals surface area contributed by atoms with Gasteiger partial charge in [-0.1, -0.05) is 18.2 Å². The maximum atomic E-state index is 5.80. The number of fused-ring (bicyclic) bond motifs is 1. The third-order valence-corrected chi connectivity index (χ3v) is 2.82. The lowest BCUT2D eigenvalue weighted by Gasteiger charge is -2.05. The van der Waals surface area contributed by atoms with Gasteiger partial charge in [0.2, 0.25) is 0 Å². The van der Waals surface area contributed by atoms with Crippen LogP contribution in [0.25, 0.3) is 11.2 Å². The summed E-state index contributed by atoms with van der Waals surface area (Å²) in [5.41, 5.74) is 2.39. The molecule has 0 aliphatic carbocycles. The molecule has 3 rings (SSSR count). The monoisotopic (exact) mass is 259 g/mol. The molecular weight excluding hydrogens is 250 g/mol. The number of hydrogen-bond donors (Lipinski definition) is 1. The van der Waals surface area contributed by atoms with E-state index < -0.39 is 0 Å². The van der Waals surface area contributed by atoms with Crippen molar-refractivity contribution in [3.05, 3.63) is 43.0 Å². The predicted molar refractivity (Wildman–Crippen MR) is 70.9 cm³/mol. The van der Waals surface area contributed by atoms with Gasteiger partial charge in [0.15, 0.2) is 17.0 Å². The molecule has 90 valence electrons. The van der Waals surface area contributed by atoms with Gasteiger partial charge in [-0.2, -0.15) is 0 Å². The van der Waals surface area contributed by atoms with Gasteiger partial charge in [-0.15, -0.1) is 11.6 Å². The first-order valence-corrected chi connectivity index (χ1v) is 5.96. The van der Waals surface area contributed by atoms with Gasteiger partial charge in [-0.3, -0.25) is 0 Å². The Balaban J connectivity index is 2.05. The Bertz CT molecular complexity index is 665. The van der Waals surface area contributed by atoms with Crippen LogP contribution in [0.5, 0.6) is 0 Å². The molecule has 0 aliphatic rings. The van der Waals surface area contributed by atoms with Gasteiger partial charge in [0, 0.05) is 5.69 Å². The van der Waals surface area contributed by atoms with Gasteiger partial charge in [-0.25, -0.2) is 15.0 Å². The minimum Gasteiger partial charge on any atom is -0.338 e. The third-order valence-electron chi connectivity index (χ3n) is 2.57. The van der Waals surface area contributed by atoms with Crippen LogP contribution in [0, 0.1) is 0 Å². The fourth-order valence-electron chi connectivity index (χ4n) is 1.72. The van der Waals surface area contributed by atoms with E-state index in [-0.39, 0.29) is 0 Å². The Kier molecular flexibility index (Phi) is 2.82. The van der Waals surface area contributed by atoms with Crippen molar-refractivity contribution in [2.75, 3.05) is 5.32 Å². The zero-order chi connectivity index (χ0) is 12.4. The summed E-state index contributed by atoms with van der Waals surface area (Å²) in [5.74, 6) is 0.676. The maximum absolute atomic E-state index is 5.80. The molecule has 0 amide bonds. The van der Waals surface area contributed by atoms with E-state index in [2.05, 4.69) is 20.3 Å². The molecule has 18 heavy (non-hydrogen) atoms. The lowest BCUT2D eigenvalue weighted by atomic mass is 10.3. The molecular formula is C12H10ClN5. The van der Waals surface area contributed by atoms with Crippen molar-refractivity contribution in [1.82, 2.24) is 19.5 Å². The molecule has 0 fully saturated rings. The number of nitrogens with one attached hydrogen (secondary N) is 1. The second-order valence-corrected chi connectivity index (χ2v) is 3.96. The number of hydrogen-bond acceptors (Lipinski definition) is 4. The van der Waals surface area contributed by atoms with Gasteiger partial charge in [0.1, 0.15) is 12.3 Å². The summed E-state index contributed by atoms with van der Waals surface area (Å²) in [6.45, 7) is 0. The Morgan fingerprint density at radius 1 is 1.11 bits per heavy atom. The van der Waals surface area contributed by atoms with Crippen LogP contribution in [-0.2, 0) is 6.00 Å². The highest BCUT2D eigenvalue weighted by Gasteiger charge is 2.09. The average molecular weight is 260 g/mol. The second-order valence-electron chi connectivity index (χ2n) is 3.72. The van der Waals surface area contributed by atoms with Crippen molar-refractivity contribution in [3.8, 4) is 0 Å². The summed E-state index contributed by atoms with van der Waals surface area (Å²) in [6.07, 6.45) is 3.15. The molecule has 0 aliphatic heterocycles. The van der Waals surface area contributed by atoms with Gasteiger partial charge >= 0.3 is 0 Å². The lowest BCUT2D eigenvalue weighted by Crippen LogP contribution is -1.97. The van der Waals surface area contributed by atoms with E-state index in [1.807, 2.05) is 30.3 Å². The largest absolute Gasteiger partial charge is 0.338 e. The minimum absolute atomic E-state index is 0.318. The summed E-state index contributed by atoms with van der Waals surface area (Å²) in [4.78, 5) is 12.7. The molecule has 0 bridgehead atoms. The number of halogens is 1. The molecule has 3 aromatic rings. The average Bonchev–Trinajstić information content (AvgIpc) is 2.84. The van der Waals surface area contributed by atoms with Crippen molar-refractivity contribution in [2.45, 2.75) is 6.00 Å². The first-order valence-electron chi connectivity index (χ1n) is 5.42. The third kappa shape index (κ3) is 1.89. The molecule has 1 N–H and O–H groups in total. The number of imidazole rings is 1. The molecule has 6 heteroatoms. The Morgan fingerprint density at radius 3 is 2.72 bits per heavy atom. The van der Waals surface area contributed by atoms with Crippen LogP contribution < -0.4 is 5.32 Å². The predicted octanol–water partition coefficient (Wildman–Crippen LogP) is 2.77. The first-order chi connectivity index (χ1) is 8.88. The molecule has 2 aromatic heterocycles. The number of nitrogens with zero attached hydrogens (tertiary/aromatic N) is 4. The summed E-state index contributed by atoms with van der Waals surface area (Å²) in [5, 5.41) is 3.21. The Labute approximate surface area is 108 Å². The zero-order valence-corrected chi connectivity index (χ0v) is 10.2. The molecule has 0 saturated heterocycles. The summed E-state index contributed by atoms with van der Waals surface area (Å²) >= 11 is 5.80. The van der Waals surface area contributed by atoms with Crippen LogP contribution in [0.3, 0.4) is 0 Å². The highest BCUT2D eigenvalue weighted by Crippen LogP contribution is 2.21. The van der Waals surface area contributed by atoms with Gasteiger partial charge < -0.3 is 9.88 Å². The van der Waals surface area contributed by atoms with Crippen LogP contribution >= 0.6 is 11.6 Å².